The molecule has 8 rings (SSSR count). The van der Waals surface area contributed by atoms with E-state index in [9.17, 15) is 0 Å². The number of nitrogens with zero attached hydrogens (tertiary/aromatic N) is 3. The van der Waals surface area contributed by atoms with Crippen LogP contribution in [0.1, 0.15) is 11.1 Å². The Balaban J connectivity index is 1.18. The van der Waals surface area contributed by atoms with E-state index in [1.807, 2.05) is 60.8 Å². The Hall–Kier alpha value is -5.68. The predicted molar refractivity (Wildman–Crippen MR) is 165 cm³/mol. The Kier molecular flexibility index (Phi) is 5.38. The third-order valence-electron chi connectivity index (χ3n) is 7.36. The molecule has 41 heavy (non-hydrogen) atoms. The molecule has 5 nitrogen and oxygen atoms in total. The second-order valence-corrected chi connectivity index (χ2v) is 9.90. The van der Waals surface area contributed by atoms with Crippen LogP contribution >= 0.6 is 0 Å². The molecule has 1 aliphatic heterocycles. The lowest BCUT2D eigenvalue weighted by Crippen LogP contribution is -2.13. The minimum absolute atomic E-state index is 0.737. The van der Waals surface area contributed by atoms with E-state index >= 15 is 0 Å². The zero-order valence-electron chi connectivity index (χ0n) is 21.9. The first-order valence-corrected chi connectivity index (χ1v) is 13.5. The summed E-state index contributed by atoms with van der Waals surface area (Å²) in [6.07, 6.45) is 7.89. The molecule has 0 bridgehead atoms. The van der Waals surface area contributed by atoms with Crippen molar-refractivity contribution >= 4 is 51.4 Å². The molecule has 0 amide bonds. The number of benzene rings is 4. The van der Waals surface area contributed by atoms with Crippen LogP contribution in [0, 0.1) is 0 Å². The average molecular weight is 530 g/mol. The number of ether oxygens (including phenoxy) is 1. The van der Waals surface area contributed by atoms with Crippen LogP contribution in [0.15, 0.2) is 132 Å². The van der Waals surface area contributed by atoms with E-state index in [1.54, 1.807) is 6.20 Å². The van der Waals surface area contributed by atoms with Gasteiger partial charge in [0, 0.05) is 24.0 Å². The summed E-state index contributed by atoms with van der Waals surface area (Å²) in [7, 11) is 0. The highest BCUT2D eigenvalue weighted by atomic mass is 16.5. The van der Waals surface area contributed by atoms with Crippen molar-refractivity contribution < 1.29 is 9.15 Å². The highest BCUT2D eigenvalue weighted by molar-refractivity contribution is 6.10. The maximum Gasteiger partial charge on any atom is 0.153 e. The highest BCUT2D eigenvalue weighted by Crippen LogP contribution is 2.42. The number of rotatable bonds is 4. The molecule has 5 heteroatoms. The molecule has 194 valence electrons. The molecule has 0 saturated carbocycles. The molecule has 4 aromatic carbocycles. The monoisotopic (exact) mass is 529 g/mol. The van der Waals surface area contributed by atoms with Gasteiger partial charge in [-0.25, -0.2) is 4.98 Å². The molecule has 0 saturated heterocycles. The maximum atomic E-state index is 6.46. The Morgan fingerprint density at radius 1 is 0.610 bits per heavy atom. The van der Waals surface area contributed by atoms with Crippen molar-refractivity contribution in [3.63, 3.8) is 0 Å². The number of para-hydroxylation sites is 1. The first-order valence-electron chi connectivity index (χ1n) is 13.5. The number of anilines is 3. The van der Waals surface area contributed by atoms with Crippen molar-refractivity contribution in [3.8, 4) is 22.6 Å². The van der Waals surface area contributed by atoms with Crippen LogP contribution in [0.25, 0.3) is 45.3 Å². The summed E-state index contributed by atoms with van der Waals surface area (Å²) in [6.45, 7) is 0. The first-order chi connectivity index (χ1) is 20.3. The van der Waals surface area contributed by atoms with Gasteiger partial charge in [-0.1, -0.05) is 60.7 Å². The highest BCUT2D eigenvalue weighted by Gasteiger charge is 2.21. The summed E-state index contributed by atoms with van der Waals surface area (Å²) in [4.78, 5) is 11.5. The fraction of sp³-hybridized carbons (Fsp3) is 0. The molecule has 1 aliphatic rings. The smallest absolute Gasteiger partial charge is 0.153 e. The molecule has 4 heterocycles. The normalized spacial score (nSPS) is 12.2. The van der Waals surface area contributed by atoms with E-state index in [0.29, 0.717) is 0 Å². The molecular formula is C36H23N3O2. The summed E-state index contributed by atoms with van der Waals surface area (Å²) in [6, 6.07) is 38.6. The standard InChI is InChI=1S/C36H23N3O2/c1-2-15-31-24(8-1)18-19-25-10-6-21-38-36(25)39(31)27-11-4-13-29(23-27)40-28-12-3-9-26(22-28)30-14-5-16-32-34(30)35-33(41-32)17-7-20-37-35/h1-23H. The molecule has 7 aromatic rings. The van der Waals surface area contributed by atoms with Gasteiger partial charge in [0.25, 0.3) is 0 Å². The maximum absolute atomic E-state index is 6.46. The average Bonchev–Trinajstić information content (AvgIpc) is 3.32. The number of furan rings is 1. The molecular weight excluding hydrogens is 506 g/mol. The lowest BCUT2D eigenvalue weighted by atomic mass is 10.0. The Morgan fingerprint density at radius 3 is 2.34 bits per heavy atom. The van der Waals surface area contributed by atoms with E-state index in [0.717, 1.165) is 73.0 Å². The van der Waals surface area contributed by atoms with Gasteiger partial charge >= 0.3 is 0 Å². The van der Waals surface area contributed by atoms with E-state index < -0.39 is 0 Å². The SMILES string of the molecule is C1=Cc2cccnc2N(c2cccc(Oc3cccc(-c4cccc5oc6cccnc6c45)c3)c2)c2ccccc21. The van der Waals surface area contributed by atoms with E-state index in [2.05, 4.69) is 82.7 Å². The first kappa shape index (κ1) is 23.2. The molecule has 0 radical (unpaired) electrons. The van der Waals surface area contributed by atoms with Crippen LogP contribution in [0.3, 0.4) is 0 Å². The number of hydrogen-bond acceptors (Lipinski definition) is 5. The summed E-state index contributed by atoms with van der Waals surface area (Å²) >= 11 is 0. The Bertz CT molecular complexity index is 2060. The fourth-order valence-electron chi connectivity index (χ4n) is 5.54. The van der Waals surface area contributed by atoms with Crippen LogP contribution in [0.5, 0.6) is 11.5 Å². The van der Waals surface area contributed by atoms with Crippen molar-refractivity contribution in [1.29, 1.82) is 0 Å². The number of aromatic nitrogens is 2. The minimum Gasteiger partial charge on any atom is -0.457 e. The van der Waals surface area contributed by atoms with Crippen molar-refractivity contribution in [2.75, 3.05) is 4.90 Å². The number of hydrogen-bond donors (Lipinski definition) is 0. The largest absolute Gasteiger partial charge is 0.457 e. The lowest BCUT2D eigenvalue weighted by Gasteiger charge is -2.26. The minimum atomic E-state index is 0.737. The molecule has 3 aromatic heterocycles. The van der Waals surface area contributed by atoms with Crippen LogP contribution in [-0.2, 0) is 0 Å². The summed E-state index contributed by atoms with van der Waals surface area (Å²) in [5, 5.41) is 1.00. The molecule has 0 spiro atoms. The Morgan fingerprint density at radius 2 is 1.37 bits per heavy atom. The molecule has 0 fully saturated rings. The second kappa shape index (κ2) is 9.50. The van der Waals surface area contributed by atoms with Gasteiger partial charge in [0.15, 0.2) is 5.58 Å². The summed E-state index contributed by atoms with van der Waals surface area (Å²) < 4.78 is 12.5. The number of fused-ring (bicyclic) bond motifs is 5. The quantitative estimate of drug-likeness (QED) is 0.227. The third kappa shape index (κ3) is 4.03. The van der Waals surface area contributed by atoms with Gasteiger partial charge in [-0.05, 0) is 77.4 Å². The van der Waals surface area contributed by atoms with Gasteiger partial charge in [0.05, 0.1) is 16.8 Å². The van der Waals surface area contributed by atoms with Crippen molar-refractivity contribution in [2.24, 2.45) is 0 Å². The van der Waals surface area contributed by atoms with Gasteiger partial charge in [0.2, 0.25) is 0 Å². The fourth-order valence-corrected chi connectivity index (χ4v) is 5.54. The van der Waals surface area contributed by atoms with Gasteiger partial charge < -0.3 is 9.15 Å². The third-order valence-corrected chi connectivity index (χ3v) is 7.36. The van der Waals surface area contributed by atoms with Gasteiger partial charge in [0.1, 0.15) is 28.4 Å². The second-order valence-electron chi connectivity index (χ2n) is 9.90. The summed E-state index contributed by atoms with van der Waals surface area (Å²) in [5.41, 5.74) is 8.75. The van der Waals surface area contributed by atoms with Crippen molar-refractivity contribution in [1.82, 2.24) is 9.97 Å². The van der Waals surface area contributed by atoms with Crippen LogP contribution in [0.4, 0.5) is 17.2 Å². The zero-order valence-corrected chi connectivity index (χ0v) is 21.9. The molecule has 0 aliphatic carbocycles. The molecule has 0 atom stereocenters. The van der Waals surface area contributed by atoms with Gasteiger partial charge in [-0.3, -0.25) is 9.88 Å². The van der Waals surface area contributed by atoms with Gasteiger partial charge in [-0.2, -0.15) is 0 Å². The van der Waals surface area contributed by atoms with Crippen LogP contribution < -0.4 is 9.64 Å². The number of pyridine rings is 2. The predicted octanol–water partition coefficient (Wildman–Crippen LogP) is 9.79. The lowest BCUT2D eigenvalue weighted by molar-refractivity contribution is 0.483. The molecule has 0 N–H and O–H groups in total. The van der Waals surface area contributed by atoms with E-state index in [1.165, 1.54) is 0 Å². The molecule has 0 unspecified atom stereocenters. The zero-order chi connectivity index (χ0) is 27.2. The van der Waals surface area contributed by atoms with E-state index in [4.69, 9.17) is 14.1 Å². The summed E-state index contributed by atoms with van der Waals surface area (Å²) in [5.74, 6) is 2.36. The Labute approximate surface area is 236 Å². The topological polar surface area (TPSA) is 51.4 Å². The van der Waals surface area contributed by atoms with Crippen molar-refractivity contribution in [2.45, 2.75) is 0 Å². The van der Waals surface area contributed by atoms with E-state index in [-0.39, 0.29) is 0 Å². The van der Waals surface area contributed by atoms with Crippen LogP contribution in [-0.4, -0.2) is 9.97 Å². The van der Waals surface area contributed by atoms with Gasteiger partial charge in [-0.15, -0.1) is 0 Å². The van der Waals surface area contributed by atoms with Crippen molar-refractivity contribution in [3.05, 3.63) is 139 Å². The van der Waals surface area contributed by atoms with Crippen LogP contribution in [0.2, 0.25) is 0 Å².